The van der Waals surface area contributed by atoms with E-state index in [1.807, 2.05) is 17.5 Å². The molecule has 6 heteroatoms. The number of thioether (sulfide) groups is 1. The van der Waals surface area contributed by atoms with Crippen LogP contribution in [0.15, 0.2) is 58.5 Å². The fourth-order valence-corrected chi connectivity index (χ4v) is 3.99. The Morgan fingerprint density at radius 3 is 2.64 bits per heavy atom. The van der Waals surface area contributed by atoms with Gasteiger partial charge in [0.15, 0.2) is 0 Å². The molecule has 0 bridgehead atoms. The normalized spacial score (nSPS) is 10.6. The van der Waals surface area contributed by atoms with Crippen molar-refractivity contribution in [3.05, 3.63) is 76.6 Å². The molecule has 128 valence electrons. The second kappa shape index (κ2) is 8.78. The third-order valence-electron chi connectivity index (χ3n) is 3.59. The standard InChI is InChI=1S/C19H19N3OS2/c1-14-2-4-16(5-3-14)12-24-19-22-17(13-25-19)10-18(23)21-11-15-6-8-20-9-7-15/h2-9,13H,10-12H2,1H3,(H,21,23). The zero-order valence-corrected chi connectivity index (χ0v) is 15.6. The molecule has 0 aliphatic heterocycles. The lowest BCUT2D eigenvalue weighted by atomic mass is 10.2. The average molecular weight is 370 g/mol. The van der Waals surface area contributed by atoms with Crippen LogP contribution in [0.2, 0.25) is 0 Å². The zero-order valence-electron chi connectivity index (χ0n) is 13.9. The van der Waals surface area contributed by atoms with Gasteiger partial charge in [0.2, 0.25) is 5.91 Å². The Morgan fingerprint density at radius 1 is 1.12 bits per heavy atom. The molecule has 4 nitrogen and oxygen atoms in total. The second-order valence-corrected chi connectivity index (χ2v) is 7.77. The Hall–Kier alpha value is -2.18. The molecular formula is C19H19N3OS2. The van der Waals surface area contributed by atoms with E-state index in [4.69, 9.17) is 0 Å². The second-order valence-electron chi connectivity index (χ2n) is 5.69. The van der Waals surface area contributed by atoms with Gasteiger partial charge in [-0.25, -0.2) is 4.98 Å². The molecule has 1 amide bonds. The number of rotatable bonds is 7. The number of thiazole rings is 1. The van der Waals surface area contributed by atoms with Crippen LogP contribution in [0.25, 0.3) is 0 Å². The van der Waals surface area contributed by atoms with Gasteiger partial charge in [-0.15, -0.1) is 11.3 Å². The highest BCUT2D eigenvalue weighted by molar-refractivity contribution is 8.00. The molecule has 25 heavy (non-hydrogen) atoms. The van der Waals surface area contributed by atoms with Crippen molar-refractivity contribution in [2.75, 3.05) is 0 Å². The fraction of sp³-hybridized carbons (Fsp3) is 0.211. The highest BCUT2D eigenvalue weighted by Gasteiger charge is 2.08. The van der Waals surface area contributed by atoms with Crippen LogP contribution in [0, 0.1) is 6.92 Å². The predicted octanol–water partition coefficient (Wildman–Crippen LogP) is 4.00. The predicted molar refractivity (Wildman–Crippen MR) is 103 cm³/mol. The van der Waals surface area contributed by atoms with Gasteiger partial charge in [-0.05, 0) is 30.2 Å². The van der Waals surface area contributed by atoms with Crippen LogP contribution in [0.5, 0.6) is 0 Å². The van der Waals surface area contributed by atoms with E-state index in [0.29, 0.717) is 13.0 Å². The number of benzene rings is 1. The zero-order chi connectivity index (χ0) is 17.5. The van der Waals surface area contributed by atoms with E-state index in [1.54, 1.807) is 35.5 Å². The third kappa shape index (κ3) is 5.69. The van der Waals surface area contributed by atoms with E-state index in [-0.39, 0.29) is 5.91 Å². The summed E-state index contributed by atoms with van der Waals surface area (Å²) in [5.74, 6) is 0.874. The number of hydrogen-bond acceptors (Lipinski definition) is 5. The molecule has 0 spiro atoms. The average Bonchev–Trinajstić information content (AvgIpc) is 3.08. The van der Waals surface area contributed by atoms with Gasteiger partial charge in [0, 0.05) is 30.1 Å². The van der Waals surface area contributed by atoms with Crippen molar-refractivity contribution in [1.82, 2.24) is 15.3 Å². The van der Waals surface area contributed by atoms with E-state index >= 15 is 0 Å². The maximum atomic E-state index is 12.0. The fourth-order valence-electron chi connectivity index (χ4n) is 2.19. The van der Waals surface area contributed by atoms with Crippen LogP contribution in [-0.4, -0.2) is 15.9 Å². The molecule has 0 unspecified atom stereocenters. The van der Waals surface area contributed by atoms with Crippen LogP contribution >= 0.6 is 23.1 Å². The minimum absolute atomic E-state index is 0.0165. The number of nitrogens with one attached hydrogen (secondary N) is 1. The summed E-state index contributed by atoms with van der Waals surface area (Å²) >= 11 is 3.30. The van der Waals surface area contributed by atoms with Crippen molar-refractivity contribution >= 4 is 29.0 Å². The van der Waals surface area contributed by atoms with Crippen molar-refractivity contribution in [3.8, 4) is 0 Å². The summed E-state index contributed by atoms with van der Waals surface area (Å²) in [6.07, 6.45) is 3.76. The van der Waals surface area contributed by atoms with Crippen LogP contribution in [-0.2, 0) is 23.5 Å². The first-order valence-electron chi connectivity index (χ1n) is 7.97. The Morgan fingerprint density at radius 2 is 1.88 bits per heavy atom. The molecule has 0 radical (unpaired) electrons. The minimum Gasteiger partial charge on any atom is -0.352 e. The molecule has 1 N–H and O–H groups in total. The summed E-state index contributed by atoms with van der Waals surface area (Å²) in [4.78, 5) is 20.5. The lowest BCUT2D eigenvalue weighted by Gasteiger charge is -2.03. The van der Waals surface area contributed by atoms with Crippen molar-refractivity contribution in [2.24, 2.45) is 0 Å². The van der Waals surface area contributed by atoms with E-state index in [2.05, 4.69) is 46.5 Å². The largest absolute Gasteiger partial charge is 0.352 e. The van der Waals surface area contributed by atoms with Gasteiger partial charge < -0.3 is 5.32 Å². The number of hydrogen-bond donors (Lipinski definition) is 1. The third-order valence-corrected chi connectivity index (χ3v) is 5.74. The quantitative estimate of drug-likeness (QED) is 0.640. The van der Waals surface area contributed by atoms with Crippen LogP contribution in [0.4, 0.5) is 0 Å². The van der Waals surface area contributed by atoms with E-state index in [1.165, 1.54) is 11.1 Å². The Kier molecular flexibility index (Phi) is 6.19. The minimum atomic E-state index is -0.0165. The Labute approximate surface area is 155 Å². The number of amides is 1. The van der Waals surface area contributed by atoms with E-state index in [9.17, 15) is 4.79 Å². The number of aromatic nitrogens is 2. The van der Waals surface area contributed by atoms with Crippen LogP contribution < -0.4 is 5.32 Å². The molecule has 0 aliphatic rings. The molecule has 2 aromatic heterocycles. The van der Waals surface area contributed by atoms with Crippen molar-refractivity contribution in [1.29, 1.82) is 0 Å². The van der Waals surface area contributed by atoms with E-state index in [0.717, 1.165) is 21.3 Å². The molecule has 0 atom stereocenters. The van der Waals surface area contributed by atoms with Gasteiger partial charge in [-0.1, -0.05) is 41.6 Å². The Bertz CT molecular complexity index is 816. The van der Waals surface area contributed by atoms with Gasteiger partial charge in [0.25, 0.3) is 0 Å². The smallest absolute Gasteiger partial charge is 0.226 e. The first-order valence-corrected chi connectivity index (χ1v) is 9.84. The van der Waals surface area contributed by atoms with Crippen molar-refractivity contribution < 1.29 is 4.79 Å². The lowest BCUT2D eigenvalue weighted by molar-refractivity contribution is -0.120. The molecule has 1 aromatic carbocycles. The van der Waals surface area contributed by atoms with Crippen molar-refractivity contribution in [3.63, 3.8) is 0 Å². The molecule has 3 aromatic rings. The van der Waals surface area contributed by atoms with Gasteiger partial charge >= 0.3 is 0 Å². The number of carbonyl (C=O) groups is 1. The topological polar surface area (TPSA) is 54.9 Å². The monoisotopic (exact) mass is 369 g/mol. The summed E-state index contributed by atoms with van der Waals surface area (Å²) in [5, 5.41) is 4.87. The number of aryl methyl sites for hydroxylation is 1. The highest BCUT2D eigenvalue weighted by atomic mass is 32.2. The molecule has 2 heterocycles. The maximum absolute atomic E-state index is 12.0. The summed E-state index contributed by atoms with van der Waals surface area (Å²) < 4.78 is 0.998. The molecule has 0 saturated heterocycles. The van der Waals surface area contributed by atoms with Gasteiger partial charge in [-0.2, -0.15) is 0 Å². The number of nitrogens with zero attached hydrogens (tertiary/aromatic N) is 2. The summed E-state index contributed by atoms with van der Waals surface area (Å²) in [7, 11) is 0. The SMILES string of the molecule is Cc1ccc(CSc2nc(CC(=O)NCc3ccncc3)cs2)cc1. The van der Waals surface area contributed by atoms with Crippen LogP contribution in [0.1, 0.15) is 22.4 Å². The summed E-state index contributed by atoms with van der Waals surface area (Å²) in [5.41, 5.74) is 4.41. The lowest BCUT2D eigenvalue weighted by Crippen LogP contribution is -2.24. The number of carbonyl (C=O) groups excluding carboxylic acids is 1. The molecule has 0 fully saturated rings. The first-order chi connectivity index (χ1) is 12.2. The van der Waals surface area contributed by atoms with Gasteiger partial charge in [0.05, 0.1) is 12.1 Å². The Balaban J connectivity index is 1.46. The highest BCUT2D eigenvalue weighted by Crippen LogP contribution is 2.26. The van der Waals surface area contributed by atoms with E-state index < -0.39 is 0 Å². The molecule has 0 saturated carbocycles. The van der Waals surface area contributed by atoms with Crippen LogP contribution in [0.3, 0.4) is 0 Å². The molecular weight excluding hydrogens is 350 g/mol. The van der Waals surface area contributed by atoms with Gasteiger partial charge in [-0.3, -0.25) is 9.78 Å². The van der Waals surface area contributed by atoms with Crippen molar-refractivity contribution in [2.45, 2.75) is 30.0 Å². The summed E-state index contributed by atoms with van der Waals surface area (Å²) in [6.45, 7) is 2.60. The molecule has 3 rings (SSSR count). The first kappa shape index (κ1) is 17.6. The maximum Gasteiger partial charge on any atom is 0.226 e. The van der Waals surface area contributed by atoms with Gasteiger partial charge in [0.1, 0.15) is 4.34 Å². The number of pyridine rings is 1. The molecule has 0 aliphatic carbocycles. The summed E-state index contributed by atoms with van der Waals surface area (Å²) in [6, 6.07) is 12.3.